The summed E-state index contributed by atoms with van der Waals surface area (Å²) in [4.78, 5) is 0. The maximum absolute atomic E-state index is 2.26. The zero-order valence-corrected chi connectivity index (χ0v) is 10.7. The van der Waals surface area contributed by atoms with Crippen LogP contribution < -0.4 is 5.85 Å². The van der Waals surface area contributed by atoms with Crippen molar-refractivity contribution in [3.8, 4) is 0 Å². The summed E-state index contributed by atoms with van der Waals surface area (Å²) >= 11 is 3.75. The Kier molecular flexibility index (Phi) is 2.07. The molecule has 64 valence electrons. The fraction of sp³-hybridized carbons (Fsp3) is 0. The second-order valence-corrected chi connectivity index (χ2v) is 9.12. The third-order valence-electron chi connectivity index (χ3n) is 1.94. The predicted octanol–water partition coefficient (Wildman–Crippen LogP) is 1.95. The summed E-state index contributed by atoms with van der Waals surface area (Å²) in [5.41, 5.74) is 2.91. The van der Waals surface area contributed by atoms with Crippen molar-refractivity contribution in [2.45, 2.75) is 0 Å². The molecule has 1 aliphatic heterocycles. The Balaban J connectivity index is 2.20. The summed E-state index contributed by atoms with van der Waals surface area (Å²) in [6.07, 6.45) is 4.52. The van der Waals surface area contributed by atoms with Gasteiger partial charge in [-0.2, -0.15) is 0 Å². The van der Waals surface area contributed by atoms with Gasteiger partial charge in [0.2, 0.25) is 0 Å². The molecular formula is C10H6S2Te. The van der Waals surface area contributed by atoms with E-state index in [0.717, 1.165) is 0 Å². The van der Waals surface area contributed by atoms with Gasteiger partial charge in [-0.3, -0.25) is 0 Å². The Morgan fingerprint density at radius 3 is 1.92 bits per heavy atom. The van der Waals surface area contributed by atoms with Crippen molar-refractivity contribution in [2.75, 3.05) is 0 Å². The van der Waals surface area contributed by atoms with Crippen LogP contribution in [-0.4, -0.2) is 20.9 Å². The van der Waals surface area contributed by atoms with Crippen molar-refractivity contribution in [2.24, 2.45) is 0 Å². The molecule has 2 aromatic heterocycles. The van der Waals surface area contributed by atoms with Crippen molar-refractivity contribution >= 4 is 61.6 Å². The molecule has 2 aromatic rings. The van der Waals surface area contributed by atoms with E-state index in [2.05, 4.69) is 35.0 Å². The molecule has 0 nitrogen and oxygen atoms in total. The number of thiophene rings is 2. The maximum atomic E-state index is 2.26. The Labute approximate surface area is 95.0 Å². The molecule has 13 heavy (non-hydrogen) atoms. The molecule has 0 spiro atoms. The second kappa shape index (κ2) is 3.25. The molecule has 3 heterocycles. The van der Waals surface area contributed by atoms with Gasteiger partial charge in [0.1, 0.15) is 0 Å². The molecule has 0 radical (unpaired) electrons. The van der Waals surface area contributed by atoms with Gasteiger partial charge in [-0.15, -0.1) is 0 Å². The van der Waals surface area contributed by atoms with Gasteiger partial charge < -0.3 is 0 Å². The zero-order valence-electron chi connectivity index (χ0n) is 6.69. The Bertz CT molecular complexity index is 422. The Hall–Kier alpha value is -0.0704. The van der Waals surface area contributed by atoms with Gasteiger partial charge in [-0.25, -0.2) is 0 Å². The fourth-order valence-electron chi connectivity index (χ4n) is 1.29. The van der Waals surface area contributed by atoms with Crippen LogP contribution in [0.1, 0.15) is 11.1 Å². The Morgan fingerprint density at radius 1 is 0.846 bits per heavy atom. The van der Waals surface area contributed by atoms with E-state index in [9.17, 15) is 0 Å². The third-order valence-corrected chi connectivity index (χ3v) is 8.56. The molecule has 0 atom stereocenters. The van der Waals surface area contributed by atoms with Crippen LogP contribution in [-0.2, 0) is 0 Å². The van der Waals surface area contributed by atoms with E-state index < -0.39 is 0 Å². The molecule has 0 aromatic carbocycles. The Morgan fingerprint density at radius 2 is 1.38 bits per heavy atom. The average Bonchev–Trinajstić information content (AvgIpc) is 2.72. The van der Waals surface area contributed by atoms with Crippen LogP contribution in [0.4, 0.5) is 0 Å². The summed E-state index contributed by atoms with van der Waals surface area (Å²) < 4.78 is 3.26. The van der Waals surface area contributed by atoms with Gasteiger partial charge in [0.25, 0.3) is 0 Å². The SMILES string of the molecule is C1=Cc2ccsc2[Te]c2sccc21. The summed E-state index contributed by atoms with van der Waals surface area (Å²) in [7, 11) is 0. The standard InChI is InChI=1S/C10H6S2Te/c1-2-8-4-6-12-10(8)13-9-7(1)3-5-11-9/h1-6H. The first-order valence-electron chi connectivity index (χ1n) is 3.94. The van der Waals surface area contributed by atoms with Crippen LogP contribution in [0.25, 0.3) is 12.2 Å². The predicted molar refractivity (Wildman–Crippen MR) is 62.6 cm³/mol. The summed E-state index contributed by atoms with van der Waals surface area (Å²) in [6.45, 7) is 0. The van der Waals surface area contributed by atoms with E-state index in [-0.39, 0.29) is 20.9 Å². The molecular weight excluding hydrogens is 312 g/mol. The average molecular weight is 318 g/mol. The third kappa shape index (κ3) is 1.41. The van der Waals surface area contributed by atoms with Crippen LogP contribution in [0.2, 0.25) is 0 Å². The fourth-order valence-corrected chi connectivity index (χ4v) is 7.78. The molecule has 0 saturated heterocycles. The molecule has 0 fully saturated rings. The van der Waals surface area contributed by atoms with Gasteiger partial charge in [0.15, 0.2) is 0 Å². The molecule has 0 aliphatic carbocycles. The molecule has 0 N–H and O–H groups in total. The normalized spacial score (nSPS) is 13.5. The van der Waals surface area contributed by atoms with Crippen LogP contribution in [0.3, 0.4) is 0 Å². The quantitative estimate of drug-likeness (QED) is 0.556. The van der Waals surface area contributed by atoms with Crippen LogP contribution in [0.5, 0.6) is 0 Å². The number of rotatable bonds is 0. The number of hydrogen-bond acceptors (Lipinski definition) is 2. The molecule has 0 amide bonds. The van der Waals surface area contributed by atoms with E-state index >= 15 is 0 Å². The number of hydrogen-bond donors (Lipinski definition) is 0. The summed E-state index contributed by atoms with van der Waals surface area (Å²) in [6, 6.07) is 4.47. The number of fused-ring (bicyclic) bond motifs is 2. The van der Waals surface area contributed by atoms with Crippen LogP contribution in [0.15, 0.2) is 22.9 Å². The molecule has 0 unspecified atom stereocenters. The van der Waals surface area contributed by atoms with Gasteiger partial charge in [-0.05, 0) is 0 Å². The zero-order chi connectivity index (χ0) is 8.67. The first-order valence-corrected chi connectivity index (χ1v) is 8.03. The van der Waals surface area contributed by atoms with Crippen molar-refractivity contribution in [1.82, 2.24) is 0 Å². The molecule has 0 saturated carbocycles. The van der Waals surface area contributed by atoms with Gasteiger partial charge in [-0.1, -0.05) is 0 Å². The van der Waals surface area contributed by atoms with Crippen molar-refractivity contribution in [1.29, 1.82) is 0 Å². The van der Waals surface area contributed by atoms with Crippen LogP contribution >= 0.6 is 22.7 Å². The first kappa shape index (κ1) is 8.26. The van der Waals surface area contributed by atoms with Crippen molar-refractivity contribution < 1.29 is 0 Å². The summed E-state index contributed by atoms with van der Waals surface area (Å²) in [5.74, 6) is 0. The molecule has 3 heteroatoms. The minimum atomic E-state index is -0.0881. The topological polar surface area (TPSA) is 0 Å². The monoisotopic (exact) mass is 320 g/mol. The molecule has 1 aliphatic rings. The van der Waals surface area contributed by atoms with Crippen molar-refractivity contribution in [3.63, 3.8) is 0 Å². The van der Waals surface area contributed by atoms with Gasteiger partial charge in [0.05, 0.1) is 0 Å². The minimum absolute atomic E-state index is 0.0881. The second-order valence-electron chi connectivity index (χ2n) is 2.76. The summed E-state index contributed by atoms with van der Waals surface area (Å²) in [5, 5.41) is 4.41. The van der Waals surface area contributed by atoms with Crippen LogP contribution in [0, 0.1) is 0 Å². The van der Waals surface area contributed by atoms with E-state index in [1.54, 1.807) is 5.85 Å². The van der Waals surface area contributed by atoms with E-state index in [0.29, 0.717) is 0 Å². The van der Waals surface area contributed by atoms with E-state index in [1.165, 1.54) is 11.1 Å². The van der Waals surface area contributed by atoms with E-state index in [4.69, 9.17) is 0 Å². The first-order chi connectivity index (χ1) is 6.43. The molecule has 3 rings (SSSR count). The van der Waals surface area contributed by atoms with Gasteiger partial charge in [0, 0.05) is 0 Å². The molecule has 0 bridgehead atoms. The van der Waals surface area contributed by atoms with E-state index in [1.807, 2.05) is 22.7 Å². The van der Waals surface area contributed by atoms with Gasteiger partial charge >= 0.3 is 95.6 Å². The van der Waals surface area contributed by atoms with Crippen molar-refractivity contribution in [3.05, 3.63) is 34.0 Å².